The molecule has 24 heavy (non-hydrogen) atoms. The lowest BCUT2D eigenvalue weighted by atomic mass is 10.3. The second kappa shape index (κ2) is 7.20. The second-order valence-corrected chi connectivity index (χ2v) is 6.31. The van der Waals surface area contributed by atoms with E-state index in [1.807, 2.05) is 0 Å². The zero-order valence-corrected chi connectivity index (χ0v) is 14.6. The molecule has 124 valence electrons. The fraction of sp³-hybridized carbons (Fsp3) is 0.235. The van der Waals surface area contributed by atoms with E-state index in [-0.39, 0.29) is 5.56 Å². The van der Waals surface area contributed by atoms with E-state index in [1.54, 1.807) is 41.1 Å². The number of fused-ring (bicyclic) bond motifs is 1. The lowest BCUT2D eigenvalue weighted by molar-refractivity contribution is 0.627. The fourth-order valence-electron chi connectivity index (χ4n) is 2.42. The molecule has 7 heteroatoms. The number of unbranched alkanes of at least 4 members (excludes halogenated alkanes) is 1. The van der Waals surface area contributed by atoms with Gasteiger partial charge in [0.2, 0.25) is 5.95 Å². The molecule has 3 aromatic rings. The molecule has 0 amide bonds. The Morgan fingerprint density at radius 2 is 1.92 bits per heavy atom. The van der Waals surface area contributed by atoms with Crippen LogP contribution in [-0.2, 0) is 6.54 Å². The van der Waals surface area contributed by atoms with Gasteiger partial charge in [-0.25, -0.2) is 4.98 Å². The summed E-state index contributed by atoms with van der Waals surface area (Å²) in [6, 6.07) is 8.40. The number of aryl methyl sites for hydroxylation is 1. The molecule has 0 radical (unpaired) electrons. The Bertz CT molecular complexity index is 919. The SMILES string of the molecule is CCCCn1c(=O)ccc2cnc(Nc3cc(Cl)cc(Cl)c3)nc21. The summed E-state index contributed by atoms with van der Waals surface area (Å²) in [7, 11) is 0. The van der Waals surface area contributed by atoms with E-state index in [0.717, 1.165) is 18.2 Å². The maximum absolute atomic E-state index is 12.1. The molecule has 0 saturated heterocycles. The van der Waals surface area contributed by atoms with Crippen LogP contribution in [0, 0.1) is 0 Å². The minimum absolute atomic E-state index is 0.0635. The van der Waals surface area contributed by atoms with Crippen molar-refractivity contribution in [1.29, 1.82) is 0 Å². The third-order valence-corrected chi connectivity index (χ3v) is 4.01. The van der Waals surface area contributed by atoms with Crippen molar-refractivity contribution in [1.82, 2.24) is 14.5 Å². The molecule has 1 aromatic carbocycles. The van der Waals surface area contributed by atoms with Crippen LogP contribution in [0.2, 0.25) is 10.0 Å². The molecule has 0 bridgehead atoms. The molecular weight excluding hydrogens is 347 g/mol. The number of benzene rings is 1. The highest BCUT2D eigenvalue weighted by atomic mass is 35.5. The van der Waals surface area contributed by atoms with Gasteiger partial charge in [0, 0.05) is 39.9 Å². The van der Waals surface area contributed by atoms with E-state index in [0.29, 0.717) is 33.9 Å². The largest absolute Gasteiger partial charge is 0.324 e. The summed E-state index contributed by atoms with van der Waals surface area (Å²) in [6.07, 6.45) is 3.61. The Labute approximate surface area is 149 Å². The first-order valence-corrected chi connectivity index (χ1v) is 8.42. The molecule has 1 N–H and O–H groups in total. The molecule has 0 saturated carbocycles. The summed E-state index contributed by atoms with van der Waals surface area (Å²) in [6.45, 7) is 2.72. The first-order valence-electron chi connectivity index (χ1n) is 7.66. The Kier molecular flexibility index (Phi) is 5.02. The van der Waals surface area contributed by atoms with Crippen molar-refractivity contribution < 1.29 is 0 Å². The summed E-state index contributed by atoms with van der Waals surface area (Å²) in [4.78, 5) is 20.9. The van der Waals surface area contributed by atoms with E-state index < -0.39 is 0 Å². The van der Waals surface area contributed by atoms with Gasteiger partial charge in [-0.15, -0.1) is 0 Å². The number of anilines is 2. The minimum atomic E-state index is -0.0635. The van der Waals surface area contributed by atoms with E-state index in [4.69, 9.17) is 23.2 Å². The van der Waals surface area contributed by atoms with Crippen LogP contribution in [0.25, 0.3) is 11.0 Å². The van der Waals surface area contributed by atoms with Gasteiger partial charge in [-0.3, -0.25) is 9.36 Å². The third kappa shape index (κ3) is 3.68. The van der Waals surface area contributed by atoms with E-state index in [2.05, 4.69) is 22.2 Å². The molecule has 2 heterocycles. The van der Waals surface area contributed by atoms with Crippen LogP contribution in [0.1, 0.15) is 19.8 Å². The van der Waals surface area contributed by atoms with E-state index in [9.17, 15) is 4.79 Å². The van der Waals surface area contributed by atoms with Gasteiger partial charge in [0.05, 0.1) is 0 Å². The molecule has 0 aliphatic rings. The average Bonchev–Trinajstić information content (AvgIpc) is 2.53. The average molecular weight is 363 g/mol. The Morgan fingerprint density at radius 1 is 1.17 bits per heavy atom. The molecule has 0 aliphatic heterocycles. The predicted molar refractivity (Wildman–Crippen MR) is 98.5 cm³/mol. The van der Waals surface area contributed by atoms with E-state index in [1.165, 1.54) is 0 Å². The zero-order valence-electron chi connectivity index (χ0n) is 13.1. The van der Waals surface area contributed by atoms with Gasteiger partial charge in [-0.05, 0) is 30.7 Å². The first-order chi connectivity index (χ1) is 11.6. The van der Waals surface area contributed by atoms with Crippen LogP contribution in [0.15, 0.2) is 41.3 Å². The molecule has 5 nitrogen and oxygen atoms in total. The number of hydrogen-bond acceptors (Lipinski definition) is 4. The number of nitrogens with one attached hydrogen (secondary N) is 1. The summed E-state index contributed by atoms with van der Waals surface area (Å²) < 4.78 is 1.68. The van der Waals surface area contributed by atoms with Crippen LogP contribution in [0.4, 0.5) is 11.6 Å². The highest BCUT2D eigenvalue weighted by molar-refractivity contribution is 6.35. The van der Waals surface area contributed by atoms with Crippen molar-refractivity contribution in [2.45, 2.75) is 26.3 Å². The van der Waals surface area contributed by atoms with Gasteiger partial charge < -0.3 is 5.32 Å². The molecule has 0 unspecified atom stereocenters. The van der Waals surface area contributed by atoms with Gasteiger partial charge in [0.25, 0.3) is 5.56 Å². The van der Waals surface area contributed by atoms with Crippen molar-refractivity contribution >= 4 is 45.9 Å². The van der Waals surface area contributed by atoms with Crippen molar-refractivity contribution in [2.24, 2.45) is 0 Å². The van der Waals surface area contributed by atoms with Gasteiger partial charge in [-0.1, -0.05) is 36.5 Å². The van der Waals surface area contributed by atoms with E-state index >= 15 is 0 Å². The van der Waals surface area contributed by atoms with Crippen LogP contribution < -0.4 is 10.9 Å². The van der Waals surface area contributed by atoms with Crippen molar-refractivity contribution in [3.8, 4) is 0 Å². The minimum Gasteiger partial charge on any atom is -0.324 e. The zero-order chi connectivity index (χ0) is 17.1. The van der Waals surface area contributed by atoms with Gasteiger partial charge in [0.15, 0.2) is 0 Å². The van der Waals surface area contributed by atoms with Gasteiger partial charge in [0.1, 0.15) is 5.65 Å². The summed E-state index contributed by atoms with van der Waals surface area (Å²) >= 11 is 12.0. The third-order valence-electron chi connectivity index (χ3n) is 3.58. The number of nitrogens with zero attached hydrogens (tertiary/aromatic N) is 3. The Balaban J connectivity index is 2.01. The number of hydrogen-bond donors (Lipinski definition) is 1. The molecular formula is C17H16Cl2N4O. The number of aromatic nitrogens is 3. The van der Waals surface area contributed by atoms with Crippen molar-refractivity contribution in [3.63, 3.8) is 0 Å². The molecule has 2 aromatic heterocycles. The normalized spacial score (nSPS) is 11.0. The monoisotopic (exact) mass is 362 g/mol. The van der Waals surface area contributed by atoms with Crippen molar-refractivity contribution in [3.05, 3.63) is 56.9 Å². The van der Waals surface area contributed by atoms with Crippen LogP contribution in [0.3, 0.4) is 0 Å². The quantitative estimate of drug-likeness (QED) is 0.717. The predicted octanol–water partition coefficient (Wildman–Crippen LogP) is 4.64. The molecule has 0 aliphatic carbocycles. The Hall–Kier alpha value is -2.11. The highest BCUT2D eigenvalue weighted by Crippen LogP contribution is 2.24. The summed E-state index contributed by atoms with van der Waals surface area (Å²) in [5, 5.41) is 4.93. The Morgan fingerprint density at radius 3 is 2.62 bits per heavy atom. The fourth-order valence-corrected chi connectivity index (χ4v) is 2.95. The number of pyridine rings is 1. The smallest absolute Gasteiger partial charge is 0.252 e. The summed E-state index contributed by atoms with van der Waals surface area (Å²) in [5.74, 6) is 0.386. The maximum Gasteiger partial charge on any atom is 0.252 e. The lowest BCUT2D eigenvalue weighted by Crippen LogP contribution is -2.20. The number of halogens is 2. The van der Waals surface area contributed by atoms with Crippen molar-refractivity contribution in [2.75, 3.05) is 5.32 Å². The molecule has 0 atom stereocenters. The summed E-state index contributed by atoms with van der Waals surface area (Å²) in [5.41, 5.74) is 1.23. The number of rotatable bonds is 5. The first kappa shape index (κ1) is 16.7. The highest BCUT2D eigenvalue weighted by Gasteiger charge is 2.07. The second-order valence-electron chi connectivity index (χ2n) is 5.43. The van der Waals surface area contributed by atoms with Crippen LogP contribution in [0.5, 0.6) is 0 Å². The molecule has 3 rings (SSSR count). The lowest BCUT2D eigenvalue weighted by Gasteiger charge is -2.11. The van der Waals surface area contributed by atoms with Crippen LogP contribution in [-0.4, -0.2) is 14.5 Å². The van der Waals surface area contributed by atoms with Crippen LogP contribution >= 0.6 is 23.2 Å². The van der Waals surface area contributed by atoms with Gasteiger partial charge in [-0.2, -0.15) is 4.98 Å². The molecule has 0 fully saturated rings. The molecule has 0 spiro atoms. The standard InChI is InChI=1S/C17H16Cl2N4O/c1-2-3-6-23-15(24)5-4-11-10-20-17(22-16(11)23)21-14-8-12(18)7-13(19)9-14/h4-5,7-10H,2-3,6H2,1H3,(H,20,21,22). The maximum atomic E-state index is 12.1. The van der Waals surface area contributed by atoms with Gasteiger partial charge >= 0.3 is 0 Å². The topological polar surface area (TPSA) is 59.8 Å².